The SMILES string of the molecule is CC[C@@H](C)NC(=O)[C@H](C)N(Cc1ccc(F)cc1)C(=O)COc1cc(C)c(Cl)c(C)c1. The summed E-state index contributed by atoms with van der Waals surface area (Å²) in [4.78, 5) is 27.2. The van der Waals surface area contributed by atoms with E-state index in [4.69, 9.17) is 16.3 Å². The van der Waals surface area contributed by atoms with Crippen LogP contribution in [0.2, 0.25) is 5.02 Å². The van der Waals surface area contributed by atoms with Gasteiger partial charge in [-0.05, 0) is 75.1 Å². The zero-order valence-electron chi connectivity index (χ0n) is 18.7. The van der Waals surface area contributed by atoms with Crippen molar-refractivity contribution in [2.24, 2.45) is 0 Å². The van der Waals surface area contributed by atoms with Gasteiger partial charge in [-0.25, -0.2) is 4.39 Å². The lowest BCUT2D eigenvalue weighted by Gasteiger charge is -2.29. The summed E-state index contributed by atoms with van der Waals surface area (Å²) in [6.45, 7) is 9.22. The van der Waals surface area contributed by atoms with Crippen LogP contribution in [0.3, 0.4) is 0 Å². The van der Waals surface area contributed by atoms with Crippen LogP contribution in [0.25, 0.3) is 0 Å². The summed E-state index contributed by atoms with van der Waals surface area (Å²) < 4.78 is 19.0. The average molecular weight is 449 g/mol. The number of hydrogen-bond acceptors (Lipinski definition) is 3. The van der Waals surface area contributed by atoms with Gasteiger partial charge in [0.25, 0.3) is 5.91 Å². The van der Waals surface area contributed by atoms with Gasteiger partial charge in [-0.3, -0.25) is 9.59 Å². The Morgan fingerprint density at radius 2 is 1.71 bits per heavy atom. The molecule has 5 nitrogen and oxygen atoms in total. The summed E-state index contributed by atoms with van der Waals surface area (Å²) in [7, 11) is 0. The van der Waals surface area contributed by atoms with Crippen LogP contribution in [0.4, 0.5) is 4.39 Å². The number of nitrogens with one attached hydrogen (secondary N) is 1. The van der Waals surface area contributed by atoms with Crippen LogP contribution in [-0.4, -0.2) is 35.4 Å². The lowest BCUT2D eigenvalue weighted by Crippen LogP contribution is -2.50. The minimum Gasteiger partial charge on any atom is -0.484 e. The van der Waals surface area contributed by atoms with Gasteiger partial charge < -0.3 is 15.0 Å². The molecule has 0 spiro atoms. The molecular formula is C24H30ClFN2O3. The van der Waals surface area contributed by atoms with E-state index in [2.05, 4.69) is 5.32 Å². The summed E-state index contributed by atoms with van der Waals surface area (Å²) in [5.41, 5.74) is 2.43. The second-order valence-electron chi connectivity index (χ2n) is 7.80. The quantitative estimate of drug-likeness (QED) is 0.599. The number of halogens is 2. The van der Waals surface area contributed by atoms with E-state index in [1.807, 2.05) is 27.7 Å². The van der Waals surface area contributed by atoms with Crippen molar-refractivity contribution in [1.29, 1.82) is 0 Å². The Balaban J connectivity index is 2.18. The van der Waals surface area contributed by atoms with Crippen LogP contribution in [-0.2, 0) is 16.1 Å². The first kappa shape index (κ1) is 24.7. The van der Waals surface area contributed by atoms with Crippen LogP contribution in [0.1, 0.15) is 43.9 Å². The first-order valence-corrected chi connectivity index (χ1v) is 10.7. The summed E-state index contributed by atoms with van der Waals surface area (Å²) in [5, 5.41) is 3.57. The minimum absolute atomic E-state index is 0.00556. The molecule has 168 valence electrons. The highest BCUT2D eigenvalue weighted by molar-refractivity contribution is 6.32. The summed E-state index contributed by atoms with van der Waals surface area (Å²) in [6, 6.07) is 8.68. The van der Waals surface area contributed by atoms with E-state index in [1.165, 1.54) is 17.0 Å². The minimum atomic E-state index is -0.719. The zero-order valence-corrected chi connectivity index (χ0v) is 19.4. The van der Waals surface area contributed by atoms with Gasteiger partial charge in [-0.1, -0.05) is 30.7 Å². The maximum Gasteiger partial charge on any atom is 0.261 e. The van der Waals surface area contributed by atoms with Crippen molar-refractivity contribution in [3.63, 3.8) is 0 Å². The van der Waals surface area contributed by atoms with Crippen molar-refractivity contribution in [1.82, 2.24) is 10.2 Å². The molecule has 0 saturated carbocycles. The van der Waals surface area contributed by atoms with Gasteiger partial charge >= 0.3 is 0 Å². The second-order valence-corrected chi connectivity index (χ2v) is 8.18. The molecular weight excluding hydrogens is 419 g/mol. The van der Waals surface area contributed by atoms with E-state index in [1.54, 1.807) is 31.2 Å². The summed E-state index contributed by atoms with van der Waals surface area (Å²) in [6.07, 6.45) is 0.781. The standard InChI is InChI=1S/C24H30ClFN2O3/c1-6-17(4)27-24(30)18(5)28(13-19-7-9-20(26)10-8-19)22(29)14-31-21-11-15(2)23(25)16(3)12-21/h7-12,17-18H,6,13-14H2,1-5H3,(H,27,30)/t17-,18+/m1/s1. The molecule has 0 saturated heterocycles. The fraction of sp³-hybridized carbons (Fsp3) is 0.417. The molecule has 0 aromatic heterocycles. The molecule has 2 aromatic rings. The second kappa shape index (κ2) is 11.1. The largest absolute Gasteiger partial charge is 0.484 e. The number of hydrogen-bond donors (Lipinski definition) is 1. The molecule has 0 bridgehead atoms. The summed E-state index contributed by atoms with van der Waals surface area (Å²) in [5.74, 6) is -0.420. The molecule has 31 heavy (non-hydrogen) atoms. The molecule has 0 aliphatic rings. The number of aryl methyl sites for hydroxylation is 2. The van der Waals surface area contributed by atoms with Crippen molar-refractivity contribution in [3.05, 3.63) is 63.9 Å². The number of nitrogens with zero attached hydrogens (tertiary/aromatic N) is 1. The molecule has 2 aromatic carbocycles. The Morgan fingerprint density at radius 1 is 1.13 bits per heavy atom. The lowest BCUT2D eigenvalue weighted by molar-refractivity contribution is -0.142. The van der Waals surface area contributed by atoms with Crippen LogP contribution in [0.5, 0.6) is 5.75 Å². The van der Waals surface area contributed by atoms with Crippen LogP contribution in [0.15, 0.2) is 36.4 Å². The van der Waals surface area contributed by atoms with E-state index < -0.39 is 6.04 Å². The highest BCUT2D eigenvalue weighted by Gasteiger charge is 2.27. The predicted octanol–water partition coefficient (Wildman–Crippen LogP) is 4.81. The van der Waals surface area contributed by atoms with Crippen LogP contribution < -0.4 is 10.1 Å². The number of carbonyl (C=O) groups excluding carboxylic acids is 2. The average Bonchev–Trinajstić information content (AvgIpc) is 2.74. The normalized spacial score (nSPS) is 12.7. The zero-order chi connectivity index (χ0) is 23.1. The number of carbonyl (C=O) groups is 2. The molecule has 0 aliphatic heterocycles. The Morgan fingerprint density at radius 3 is 2.26 bits per heavy atom. The maximum atomic E-state index is 13.3. The fourth-order valence-corrected chi connectivity index (χ4v) is 3.16. The first-order valence-electron chi connectivity index (χ1n) is 10.4. The van der Waals surface area contributed by atoms with Gasteiger partial charge in [0.1, 0.15) is 17.6 Å². The number of rotatable bonds is 9. The third-order valence-corrected chi connectivity index (χ3v) is 5.80. The van der Waals surface area contributed by atoms with Crippen molar-refractivity contribution in [2.75, 3.05) is 6.61 Å². The molecule has 0 heterocycles. The van der Waals surface area contributed by atoms with Crippen molar-refractivity contribution >= 4 is 23.4 Å². The van der Waals surface area contributed by atoms with Gasteiger partial charge in [-0.2, -0.15) is 0 Å². The first-order chi connectivity index (χ1) is 14.6. The van der Waals surface area contributed by atoms with Crippen molar-refractivity contribution < 1.29 is 18.7 Å². The Bertz CT molecular complexity index is 895. The Labute approximate surface area is 188 Å². The third kappa shape index (κ3) is 6.96. The molecule has 0 radical (unpaired) electrons. The fourth-order valence-electron chi connectivity index (χ4n) is 3.05. The molecule has 0 aliphatic carbocycles. The van der Waals surface area contributed by atoms with Crippen molar-refractivity contribution in [2.45, 2.75) is 59.7 Å². The van der Waals surface area contributed by atoms with Crippen LogP contribution in [0, 0.1) is 19.7 Å². The molecule has 0 fully saturated rings. The smallest absolute Gasteiger partial charge is 0.261 e. The van der Waals surface area contributed by atoms with Gasteiger partial charge in [0.2, 0.25) is 5.91 Å². The molecule has 2 rings (SSSR count). The van der Waals surface area contributed by atoms with Gasteiger partial charge in [0, 0.05) is 17.6 Å². The molecule has 2 amide bonds. The monoisotopic (exact) mass is 448 g/mol. The lowest BCUT2D eigenvalue weighted by atomic mass is 10.1. The van der Waals surface area contributed by atoms with Crippen LogP contribution >= 0.6 is 11.6 Å². The highest BCUT2D eigenvalue weighted by Crippen LogP contribution is 2.26. The highest BCUT2D eigenvalue weighted by atomic mass is 35.5. The maximum absolute atomic E-state index is 13.3. The predicted molar refractivity (Wildman–Crippen MR) is 121 cm³/mol. The van der Waals surface area contributed by atoms with Gasteiger partial charge in [-0.15, -0.1) is 0 Å². The molecule has 0 unspecified atom stereocenters. The van der Waals surface area contributed by atoms with E-state index in [0.717, 1.165) is 23.1 Å². The number of benzene rings is 2. The summed E-state index contributed by atoms with van der Waals surface area (Å²) >= 11 is 6.19. The van der Waals surface area contributed by atoms with E-state index in [-0.39, 0.29) is 36.8 Å². The topological polar surface area (TPSA) is 58.6 Å². The Hall–Kier alpha value is -2.60. The van der Waals surface area contributed by atoms with E-state index >= 15 is 0 Å². The number of amides is 2. The Kier molecular flexibility index (Phi) is 8.87. The van der Waals surface area contributed by atoms with E-state index in [0.29, 0.717) is 10.8 Å². The molecule has 2 atom stereocenters. The molecule has 7 heteroatoms. The molecule has 1 N–H and O–H groups in total. The van der Waals surface area contributed by atoms with E-state index in [9.17, 15) is 14.0 Å². The van der Waals surface area contributed by atoms with Crippen molar-refractivity contribution in [3.8, 4) is 5.75 Å². The number of ether oxygens (including phenoxy) is 1. The van der Waals surface area contributed by atoms with Gasteiger partial charge in [0.15, 0.2) is 6.61 Å². The van der Waals surface area contributed by atoms with Gasteiger partial charge in [0.05, 0.1) is 0 Å². The third-order valence-electron chi connectivity index (χ3n) is 5.21.